The zero-order valence-corrected chi connectivity index (χ0v) is 12.9. The monoisotopic (exact) mass is 319 g/mol. The van der Waals surface area contributed by atoms with Crippen LogP contribution >= 0.6 is 0 Å². The van der Waals surface area contributed by atoms with Crippen LogP contribution in [0, 0.1) is 12.7 Å². The van der Waals surface area contributed by atoms with E-state index in [1.54, 1.807) is 12.5 Å². The first-order chi connectivity index (χ1) is 11.7. The Kier molecular flexibility index (Phi) is 3.42. The molecular weight excluding hydrogens is 305 g/mol. The minimum absolute atomic E-state index is 0.293. The molecule has 4 aromatic rings. The molecule has 2 heterocycles. The van der Waals surface area contributed by atoms with Gasteiger partial charge in [-0.3, -0.25) is 0 Å². The number of H-pyrrole nitrogens is 1. The molecule has 0 amide bonds. The maximum atomic E-state index is 13.5. The zero-order valence-electron chi connectivity index (χ0n) is 12.9. The van der Waals surface area contributed by atoms with Gasteiger partial charge < -0.3 is 10.3 Å². The molecule has 0 fully saturated rings. The summed E-state index contributed by atoms with van der Waals surface area (Å²) in [6.45, 7) is 1.84. The summed E-state index contributed by atoms with van der Waals surface area (Å²) in [7, 11) is 0. The number of aromatic nitrogens is 4. The van der Waals surface area contributed by atoms with Gasteiger partial charge in [-0.15, -0.1) is 0 Å². The van der Waals surface area contributed by atoms with E-state index in [1.807, 2.05) is 37.3 Å². The lowest BCUT2D eigenvalue weighted by Gasteiger charge is -2.08. The minimum atomic E-state index is -0.293. The number of hydrogen-bond acceptors (Lipinski definition) is 4. The van der Waals surface area contributed by atoms with E-state index < -0.39 is 0 Å². The molecule has 2 aromatic carbocycles. The molecule has 4 rings (SSSR count). The van der Waals surface area contributed by atoms with Gasteiger partial charge in [-0.25, -0.2) is 19.3 Å². The lowest BCUT2D eigenvalue weighted by molar-refractivity contribution is 0.627. The van der Waals surface area contributed by atoms with Crippen molar-refractivity contribution in [2.45, 2.75) is 6.92 Å². The number of halogens is 1. The number of aryl methyl sites for hydroxylation is 1. The summed E-state index contributed by atoms with van der Waals surface area (Å²) >= 11 is 0. The van der Waals surface area contributed by atoms with E-state index in [0.717, 1.165) is 27.9 Å². The fourth-order valence-corrected chi connectivity index (χ4v) is 2.61. The van der Waals surface area contributed by atoms with Crippen molar-refractivity contribution in [1.82, 2.24) is 19.9 Å². The quantitative estimate of drug-likeness (QED) is 0.593. The van der Waals surface area contributed by atoms with Gasteiger partial charge in [0.2, 0.25) is 5.95 Å². The highest BCUT2D eigenvalue weighted by molar-refractivity contribution is 5.80. The van der Waals surface area contributed by atoms with Crippen molar-refractivity contribution in [2.75, 3.05) is 5.32 Å². The van der Waals surface area contributed by atoms with Crippen LogP contribution in [0.2, 0.25) is 0 Å². The molecule has 2 aromatic heterocycles. The van der Waals surface area contributed by atoms with Gasteiger partial charge in [-0.05, 0) is 48.9 Å². The predicted octanol–water partition coefficient (Wildman–Crippen LogP) is 4.21. The van der Waals surface area contributed by atoms with Gasteiger partial charge in [0, 0.05) is 17.4 Å². The Labute approximate surface area is 137 Å². The SMILES string of the molecule is Cc1cc(F)cc(Nc2nccc(-c3ccc4nc[nH]c4c3)n2)c1. The standard InChI is InChI=1S/C18H14FN5/c1-11-6-13(19)9-14(7-11)23-18-20-5-4-15(24-18)12-2-3-16-17(8-12)22-10-21-16/h2-10H,1H3,(H,21,22)(H,20,23,24). The van der Waals surface area contributed by atoms with E-state index in [2.05, 4.69) is 25.3 Å². The molecule has 0 bridgehead atoms. The Morgan fingerprint density at radius 3 is 2.83 bits per heavy atom. The van der Waals surface area contributed by atoms with Crippen molar-refractivity contribution in [2.24, 2.45) is 0 Å². The number of nitrogens with one attached hydrogen (secondary N) is 2. The first-order valence-corrected chi connectivity index (χ1v) is 7.48. The number of hydrogen-bond donors (Lipinski definition) is 2. The highest BCUT2D eigenvalue weighted by atomic mass is 19.1. The Morgan fingerprint density at radius 2 is 1.96 bits per heavy atom. The molecule has 2 N–H and O–H groups in total. The Bertz CT molecular complexity index is 1000. The molecule has 6 heteroatoms. The third-order valence-electron chi connectivity index (χ3n) is 3.67. The van der Waals surface area contributed by atoms with Crippen LogP contribution in [0.5, 0.6) is 0 Å². The van der Waals surface area contributed by atoms with Gasteiger partial charge in [0.15, 0.2) is 0 Å². The molecule has 0 aliphatic rings. The first-order valence-electron chi connectivity index (χ1n) is 7.48. The summed E-state index contributed by atoms with van der Waals surface area (Å²) in [5.41, 5.74) is 5.03. The van der Waals surface area contributed by atoms with Crippen molar-refractivity contribution in [3.8, 4) is 11.3 Å². The summed E-state index contributed by atoms with van der Waals surface area (Å²) in [6.07, 6.45) is 3.33. The van der Waals surface area contributed by atoms with Crippen LogP contribution in [0.4, 0.5) is 16.0 Å². The van der Waals surface area contributed by atoms with Crippen molar-refractivity contribution in [3.05, 3.63) is 66.4 Å². The number of imidazole rings is 1. The Hall–Kier alpha value is -3.28. The molecule has 0 atom stereocenters. The third-order valence-corrected chi connectivity index (χ3v) is 3.67. The number of anilines is 2. The zero-order chi connectivity index (χ0) is 16.5. The summed E-state index contributed by atoms with van der Waals surface area (Å²) < 4.78 is 13.5. The maximum absolute atomic E-state index is 13.5. The normalized spacial score (nSPS) is 10.9. The highest BCUT2D eigenvalue weighted by Crippen LogP contribution is 2.23. The van der Waals surface area contributed by atoms with Gasteiger partial charge in [0.1, 0.15) is 5.82 Å². The van der Waals surface area contributed by atoms with Crippen molar-refractivity contribution in [1.29, 1.82) is 0 Å². The Morgan fingerprint density at radius 1 is 1.04 bits per heavy atom. The second-order valence-electron chi connectivity index (χ2n) is 5.54. The van der Waals surface area contributed by atoms with Crippen LogP contribution in [0.15, 0.2) is 55.0 Å². The van der Waals surface area contributed by atoms with E-state index in [4.69, 9.17) is 0 Å². The average molecular weight is 319 g/mol. The molecule has 0 radical (unpaired) electrons. The van der Waals surface area contributed by atoms with Crippen molar-refractivity contribution >= 4 is 22.7 Å². The maximum Gasteiger partial charge on any atom is 0.227 e. The number of nitrogens with zero attached hydrogens (tertiary/aromatic N) is 3. The first kappa shape index (κ1) is 14.3. The number of rotatable bonds is 3. The van der Waals surface area contributed by atoms with Crippen molar-refractivity contribution < 1.29 is 4.39 Å². The number of aromatic amines is 1. The summed E-state index contributed by atoms with van der Waals surface area (Å²) in [5, 5.41) is 3.05. The predicted molar refractivity (Wildman–Crippen MR) is 91.5 cm³/mol. The van der Waals surface area contributed by atoms with Crippen LogP contribution in [-0.4, -0.2) is 19.9 Å². The van der Waals surface area contributed by atoms with E-state index >= 15 is 0 Å². The van der Waals surface area contributed by atoms with Gasteiger partial charge in [0.25, 0.3) is 0 Å². The van der Waals surface area contributed by atoms with Crippen LogP contribution in [0.1, 0.15) is 5.56 Å². The molecule has 0 aliphatic heterocycles. The fraction of sp³-hybridized carbons (Fsp3) is 0.0556. The molecule has 0 spiro atoms. The van der Waals surface area contributed by atoms with E-state index in [0.29, 0.717) is 11.6 Å². The lowest BCUT2D eigenvalue weighted by atomic mass is 10.1. The van der Waals surface area contributed by atoms with Gasteiger partial charge in [-0.2, -0.15) is 0 Å². The van der Waals surface area contributed by atoms with Gasteiger partial charge in [0.05, 0.1) is 23.1 Å². The molecule has 118 valence electrons. The highest BCUT2D eigenvalue weighted by Gasteiger charge is 2.06. The number of fused-ring (bicyclic) bond motifs is 1. The van der Waals surface area contributed by atoms with E-state index in [9.17, 15) is 4.39 Å². The summed E-state index contributed by atoms with van der Waals surface area (Å²) in [6, 6.07) is 12.5. The second kappa shape index (κ2) is 5.73. The molecule has 24 heavy (non-hydrogen) atoms. The molecule has 5 nitrogen and oxygen atoms in total. The fourth-order valence-electron chi connectivity index (χ4n) is 2.61. The largest absolute Gasteiger partial charge is 0.345 e. The summed E-state index contributed by atoms with van der Waals surface area (Å²) in [4.78, 5) is 16.0. The van der Waals surface area contributed by atoms with Gasteiger partial charge in [-0.1, -0.05) is 6.07 Å². The number of benzene rings is 2. The second-order valence-corrected chi connectivity index (χ2v) is 5.54. The van der Waals surface area contributed by atoms with E-state index in [-0.39, 0.29) is 5.82 Å². The van der Waals surface area contributed by atoms with Crippen LogP contribution in [0.3, 0.4) is 0 Å². The van der Waals surface area contributed by atoms with Crippen molar-refractivity contribution in [3.63, 3.8) is 0 Å². The molecule has 0 unspecified atom stereocenters. The average Bonchev–Trinajstić information content (AvgIpc) is 3.01. The van der Waals surface area contributed by atoms with Crippen LogP contribution in [-0.2, 0) is 0 Å². The molecule has 0 saturated heterocycles. The van der Waals surface area contributed by atoms with Crippen LogP contribution in [0.25, 0.3) is 22.3 Å². The lowest BCUT2D eigenvalue weighted by Crippen LogP contribution is -1.98. The summed E-state index contributed by atoms with van der Waals surface area (Å²) in [5.74, 6) is 0.126. The minimum Gasteiger partial charge on any atom is -0.345 e. The Balaban J connectivity index is 1.67. The smallest absolute Gasteiger partial charge is 0.227 e. The van der Waals surface area contributed by atoms with E-state index in [1.165, 1.54) is 12.1 Å². The molecule has 0 saturated carbocycles. The van der Waals surface area contributed by atoms with Crippen LogP contribution < -0.4 is 5.32 Å². The third kappa shape index (κ3) is 2.81. The molecule has 0 aliphatic carbocycles. The van der Waals surface area contributed by atoms with Gasteiger partial charge >= 0.3 is 0 Å². The molecular formula is C18H14FN5. The topological polar surface area (TPSA) is 66.5 Å².